The second kappa shape index (κ2) is 6.49. The van der Waals surface area contributed by atoms with Crippen molar-refractivity contribution in [3.8, 4) is 0 Å². The smallest absolute Gasteiger partial charge is 0.269 e. The first-order chi connectivity index (χ1) is 12.6. The van der Waals surface area contributed by atoms with Crippen LogP contribution in [0.3, 0.4) is 0 Å². The molecule has 2 aromatic carbocycles. The van der Waals surface area contributed by atoms with Gasteiger partial charge in [-0.15, -0.1) is 18.3 Å². The number of rotatable bonds is 3. The molecule has 132 valence electrons. The van der Waals surface area contributed by atoms with E-state index < -0.39 is 4.87 Å². The standard InChI is InChI=1S/C20H17ClN2O2S/c1-2-12-22-17-6-4-3-5-16(17)20(19(22)25)23(18(24)11-13-26-20)15-9-7-14(21)8-10-15/h2-10H,1,11-13H2. The fourth-order valence-corrected chi connectivity index (χ4v) is 5.22. The number of hydrogen-bond donors (Lipinski definition) is 0. The van der Waals surface area contributed by atoms with Gasteiger partial charge in [-0.05, 0) is 30.3 Å². The molecule has 2 aromatic rings. The molecule has 1 unspecified atom stereocenters. The zero-order valence-electron chi connectivity index (χ0n) is 14.0. The van der Waals surface area contributed by atoms with Gasteiger partial charge in [0.25, 0.3) is 5.91 Å². The van der Waals surface area contributed by atoms with Crippen molar-refractivity contribution >= 4 is 46.6 Å². The molecule has 4 rings (SSSR count). The normalized spacial score (nSPS) is 22.0. The van der Waals surface area contributed by atoms with Gasteiger partial charge in [-0.2, -0.15) is 0 Å². The SMILES string of the molecule is C=CCN1C(=O)C2(SCCC(=O)N2c2ccc(Cl)cc2)c2ccccc21. The summed E-state index contributed by atoms with van der Waals surface area (Å²) in [6, 6.07) is 14.7. The van der Waals surface area contributed by atoms with Crippen LogP contribution in [0.2, 0.25) is 5.02 Å². The summed E-state index contributed by atoms with van der Waals surface area (Å²) < 4.78 is 0. The van der Waals surface area contributed by atoms with E-state index in [9.17, 15) is 9.59 Å². The summed E-state index contributed by atoms with van der Waals surface area (Å²) in [5.74, 6) is 0.437. The second-order valence-corrected chi connectivity index (χ2v) is 7.89. The van der Waals surface area contributed by atoms with Crippen LogP contribution in [0.15, 0.2) is 61.2 Å². The molecule has 1 fully saturated rings. The highest BCUT2D eigenvalue weighted by molar-refractivity contribution is 8.01. The van der Waals surface area contributed by atoms with Crippen molar-refractivity contribution in [1.82, 2.24) is 0 Å². The molecule has 4 nitrogen and oxygen atoms in total. The third-order valence-corrected chi connectivity index (χ3v) is 6.34. The number of para-hydroxylation sites is 1. The van der Waals surface area contributed by atoms with Crippen molar-refractivity contribution in [2.45, 2.75) is 11.3 Å². The van der Waals surface area contributed by atoms with E-state index >= 15 is 0 Å². The fraction of sp³-hybridized carbons (Fsp3) is 0.200. The highest BCUT2D eigenvalue weighted by Gasteiger charge is 2.58. The van der Waals surface area contributed by atoms with Crippen LogP contribution in [0.1, 0.15) is 12.0 Å². The minimum absolute atomic E-state index is 0.0605. The first-order valence-electron chi connectivity index (χ1n) is 8.34. The van der Waals surface area contributed by atoms with Crippen LogP contribution in [-0.4, -0.2) is 24.1 Å². The van der Waals surface area contributed by atoms with Crippen LogP contribution in [-0.2, 0) is 14.5 Å². The Morgan fingerprint density at radius 3 is 2.62 bits per heavy atom. The molecule has 2 heterocycles. The molecule has 2 aliphatic rings. The van der Waals surface area contributed by atoms with Crippen LogP contribution in [0.4, 0.5) is 11.4 Å². The van der Waals surface area contributed by atoms with Crippen molar-refractivity contribution in [1.29, 1.82) is 0 Å². The number of thioether (sulfide) groups is 1. The summed E-state index contributed by atoms with van der Waals surface area (Å²) >= 11 is 7.53. The van der Waals surface area contributed by atoms with Crippen molar-refractivity contribution < 1.29 is 9.59 Å². The van der Waals surface area contributed by atoms with Crippen molar-refractivity contribution in [3.63, 3.8) is 0 Å². The summed E-state index contributed by atoms with van der Waals surface area (Å²) in [5.41, 5.74) is 2.36. The quantitative estimate of drug-likeness (QED) is 0.745. The highest BCUT2D eigenvalue weighted by Crippen LogP contribution is 2.54. The number of benzene rings is 2. The Balaban J connectivity index is 1.94. The third-order valence-electron chi connectivity index (χ3n) is 4.68. The molecule has 0 bridgehead atoms. The Morgan fingerprint density at radius 1 is 1.15 bits per heavy atom. The van der Waals surface area contributed by atoms with Gasteiger partial charge >= 0.3 is 0 Å². The molecule has 1 atom stereocenters. The van der Waals surface area contributed by atoms with Gasteiger partial charge in [0.1, 0.15) is 0 Å². The summed E-state index contributed by atoms with van der Waals surface area (Å²) in [4.78, 5) is 28.8. The molecule has 2 aliphatic heterocycles. The monoisotopic (exact) mass is 384 g/mol. The lowest BCUT2D eigenvalue weighted by Gasteiger charge is -2.42. The summed E-state index contributed by atoms with van der Waals surface area (Å²) in [6.45, 7) is 4.17. The van der Waals surface area contributed by atoms with Gasteiger partial charge in [0.15, 0.2) is 0 Å². The Hall–Kier alpha value is -2.24. The average Bonchev–Trinajstić information content (AvgIpc) is 2.87. The lowest BCUT2D eigenvalue weighted by atomic mass is 10.0. The largest absolute Gasteiger partial charge is 0.305 e. The number of nitrogens with zero attached hydrogens (tertiary/aromatic N) is 2. The Morgan fingerprint density at radius 2 is 1.88 bits per heavy atom. The van der Waals surface area contributed by atoms with E-state index in [0.717, 1.165) is 11.3 Å². The third kappa shape index (κ3) is 2.38. The van der Waals surface area contributed by atoms with E-state index in [4.69, 9.17) is 11.6 Å². The Bertz CT molecular complexity index is 899. The minimum Gasteiger partial charge on any atom is -0.305 e. The van der Waals surface area contributed by atoms with E-state index in [1.807, 2.05) is 24.3 Å². The lowest BCUT2D eigenvalue weighted by molar-refractivity contribution is -0.125. The maximum atomic E-state index is 13.6. The van der Waals surface area contributed by atoms with E-state index in [2.05, 4.69) is 6.58 Å². The molecule has 0 saturated carbocycles. The zero-order valence-corrected chi connectivity index (χ0v) is 15.6. The Labute approximate surface area is 161 Å². The topological polar surface area (TPSA) is 40.6 Å². The van der Waals surface area contributed by atoms with Gasteiger partial charge in [0.05, 0.1) is 5.69 Å². The van der Waals surface area contributed by atoms with E-state index in [1.54, 1.807) is 40.1 Å². The maximum Gasteiger partial charge on any atom is 0.269 e. The van der Waals surface area contributed by atoms with Gasteiger partial charge in [-0.1, -0.05) is 35.9 Å². The molecule has 0 radical (unpaired) electrons. The lowest BCUT2D eigenvalue weighted by Crippen LogP contribution is -2.56. The summed E-state index contributed by atoms with van der Waals surface area (Å²) in [5, 5.41) is 0.589. The predicted octanol–water partition coefficient (Wildman–Crippen LogP) is 4.20. The first kappa shape index (κ1) is 17.2. The summed E-state index contributed by atoms with van der Waals surface area (Å²) in [6.07, 6.45) is 2.10. The van der Waals surface area contributed by atoms with Crippen LogP contribution in [0, 0.1) is 0 Å². The zero-order chi connectivity index (χ0) is 18.3. The number of carbonyl (C=O) groups is 2. The van der Waals surface area contributed by atoms with Gasteiger partial charge in [-0.3, -0.25) is 14.5 Å². The number of carbonyl (C=O) groups excluding carboxylic acids is 2. The molecular formula is C20H17ClN2O2S. The predicted molar refractivity (Wildman–Crippen MR) is 107 cm³/mol. The van der Waals surface area contributed by atoms with Crippen molar-refractivity contribution in [2.75, 3.05) is 22.1 Å². The molecule has 0 aromatic heterocycles. The first-order valence-corrected chi connectivity index (χ1v) is 9.71. The molecule has 1 spiro atoms. The number of anilines is 2. The van der Waals surface area contributed by atoms with Gasteiger partial charge in [0.2, 0.25) is 10.8 Å². The fourth-order valence-electron chi connectivity index (χ4n) is 3.62. The molecule has 0 aliphatic carbocycles. The number of halogens is 1. The van der Waals surface area contributed by atoms with Crippen LogP contribution < -0.4 is 9.80 Å². The molecular weight excluding hydrogens is 368 g/mol. The minimum atomic E-state index is -1.08. The summed E-state index contributed by atoms with van der Waals surface area (Å²) in [7, 11) is 0. The van der Waals surface area contributed by atoms with E-state index in [-0.39, 0.29) is 11.8 Å². The van der Waals surface area contributed by atoms with Crippen LogP contribution >= 0.6 is 23.4 Å². The second-order valence-electron chi connectivity index (χ2n) is 6.17. The molecule has 26 heavy (non-hydrogen) atoms. The molecule has 0 N–H and O–H groups in total. The molecule has 2 amide bonds. The number of amides is 2. The van der Waals surface area contributed by atoms with Gasteiger partial charge in [-0.25, -0.2) is 0 Å². The van der Waals surface area contributed by atoms with E-state index in [1.165, 1.54) is 11.8 Å². The van der Waals surface area contributed by atoms with Gasteiger partial charge in [0, 0.05) is 35.0 Å². The van der Waals surface area contributed by atoms with Crippen molar-refractivity contribution in [3.05, 3.63) is 71.8 Å². The van der Waals surface area contributed by atoms with Crippen LogP contribution in [0.25, 0.3) is 0 Å². The highest BCUT2D eigenvalue weighted by atomic mass is 35.5. The average molecular weight is 385 g/mol. The van der Waals surface area contributed by atoms with Gasteiger partial charge < -0.3 is 4.90 Å². The molecule has 6 heteroatoms. The van der Waals surface area contributed by atoms with Crippen molar-refractivity contribution in [2.24, 2.45) is 0 Å². The van der Waals surface area contributed by atoms with E-state index in [0.29, 0.717) is 29.4 Å². The Kier molecular flexibility index (Phi) is 4.29. The number of fused-ring (bicyclic) bond motifs is 2. The van der Waals surface area contributed by atoms with Crippen LogP contribution in [0.5, 0.6) is 0 Å². The number of hydrogen-bond acceptors (Lipinski definition) is 3. The molecule has 1 saturated heterocycles. The maximum absolute atomic E-state index is 13.6.